The van der Waals surface area contributed by atoms with Gasteiger partial charge in [0.1, 0.15) is 11.5 Å². The van der Waals surface area contributed by atoms with E-state index in [9.17, 15) is 4.79 Å². The van der Waals surface area contributed by atoms with Crippen molar-refractivity contribution in [2.45, 2.75) is 20.3 Å². The molecule has 0 heterocycles. The van der Waals surface area contributed by atoms with Crippen molar-refractivity contribution in [3.63, 3.8) is 0 Å². The van der Waals surface area contributed by atoms with E-state index in [4.69, 9.17) is 10.5 Å². The van der Waals surface area contributed by atoms with Gasteiger partial charge in [-0.05, 0) is 30.7 Å². The number of hydrogen-bond donors (Lipinski definition) is 3. The molecule has 0 aromatic heterocycles. The Morgan fingerprint density at radius 1 is 1.12 bits per heavy atom. The highest BCUT2D eigenvalue weighted by Crippen LogP contribution is 2.23. The van der Waals surface area contributed by atoms with Crippen LogP contribution in [0.2, 0.25) is 0 Å². The Morgan fingerprint density at radius 3 is 2.58 bits per heavy atom. The number of amides is 1. The number of anilines is 1. The number of benzene rings is 2. The standard InChI is InChI=1S/C20H26N4O2/c1-15(2)19(25)22-12-7-13-23-20(21)24-16-8-6-11-18(14-16)26-17-9-4-3-5-10-17/h3-6,8-11,14-15H,7,12-13H2,1-2H3,(H,22,25)(H3,21,23,24). The molecule has 138 valence electrons. The molecule has 1 amide bonds. The van der Waals surface area contributed by atoms with Crippen LogP contribution in [0.4, 0.5) is 5.69 Å². The van der Waals surface area contributed by atoms with Crippen LogP contribution < -0.4 is 21.1 Å². The molecule has 0 spiro atoms. The van der Waals surface area contributed by atoms with Crippen molar-refractivity contribution in [3.05, 3.63) is 54.6 Å². The smallest absolute Gasteiger partial charge is 0.222 e. The summed E-state index contributed by atoms with van der Waals surface area (Å²) in [5.74, 6) is 1.86. The van der Waals surface area contributed by atoms with Gasteiger partial charge in [-0.2, -0.15) is 0 Å². The van der Waals surface area contributed by atoms with Gasteiger partial charge >= 0.3 is 0 Å². The van der Waals surface area contributed by atoms with Gasteiger partial charge in [0.2, 0.25) is 5.91 Å². The number of rotatable bonds is 8. The number of nitrogens with one attached hydrogen (secondary N) is 2. The molecule has 0 aliphatic carbocycles. The molecule has 0 fully saturated rings. The molecule has 0 aliphatic rings. The number of aliphatic imine (C=N–C) groups is 1. The first-order valence-corrected chi connectivity index (χ1v) is 8.72. The minimum atomic E-state index is -0.00406. The Bertz CT molecular complexity index is 730. The van der Waals surface area contributed by atoms with E-state index in [1.54, 1.807) is 0 Å². The molecule has 0 bridgehead atoms. The number of hydrogen-bond acceptors (Lipinski definition) is 3. The Kier molecular flexibility index (Phi) is 7.49. The van der Waals surface area contributed by atoms with Crippen molar-refractivity contribution in [2.75, 3.05) is 18.4 Å². The van der Waals surface area contributed by atoms with E-state index >= 15 is 0 Å². The molecular weight excluding hydrogens is 328 g/mol. The van der Waals surface area contributed by atoms with E-state index in [-0.39, 0.29) is 11.8 Å². The lowest BCUT2D eigenvalue weighted by Gasteiger charge is -2.09. The van der Waals surface area contributed by atoms with Crippen molar-refractivity contribution >= 4 is 17.6 Å². The van der Waals surface area contributed by atoms with Crippen LogP contribution in [-0.2, 0) is 4.79 Å². The van der Waals surface area contributed by atoms with E-state index in [1.807, 2.05) is 68.4 Å². The number of nitrogens with two attached hydrogens (primary N) is 1. The fourth-order valence-electron chi connectivity index (χ4n) is 2.14. The van der Waals surface area contributed by atoms with Gasteiger partial charge in [-0.3, -0.25) is 9.79 Å². The molecule has 6 heteroatoms. The topological polar surface area (TPSA) is 88.7 Å². The molecule has 0 atom stereocenters. The largest absolute Gasteiger partial charge is 0.457 e. The van der Waals surface area contributed by atoms with Gasteiger partial charge < -0.3 is 21.1 Å². The number of ether oxygens (including phenoxy) is 1. The summed E-state index contributed by atoms with van der Waals surface area (Å²) in [6, 6.07) is 17.1. The van der Waals surface area contributed by atoms with E-state index < -0.39 is 0 Å². The van der Waals surface area contributed by atoms with Crippen LogP contribution in [-0.4, -0.2) is 25.0 Å². The van der Waals surface area contributed by atoms with Crippen LogP contribution >= 0.6 is 0 Å². The summed E-state index contributed by atoms with van der Waals surface area (Å²) in [5, 5.41) is 5.90. The zero-order valence-corrected chi connectivity index (χ0v) is 15.2. The lowest BCUT2D eigenvalue weighted by atomic mass is 10.2. The van der Waals surface area contributed by atoms with Crippen LogP contribution in [0.5, 0.6) is 11.5 Å². The highest BCUT2D eigenvalue weighted by molar-refractivity contribution is 5.92. The molecule has 0 saturated heterocycles. The Hall–Kier alpha value is -3.02. The van der Waals surface area contributed by atoms with Crippen LogP contribution in [0.1, 0.15) is 20.3 Å². The van der Waals surface area contributed by atoms with Crippen LogP contribution in [0.3, 0.4) is 0 Å². The van der Waals surface area contributed by atoms with E-state index in [2.05, 4.69) is 15.6 Å². The van der Waals surface area contributed by atoms with Gasteiger partial charge in [0, 0.05) is 30.8 Å². The molecule has 0 unspecified atom stereocenters. The molecule has 26 heavy (non-hydrogen) atoms. The fourth-order valence-corrected chi connectivity index (χ4v) is 2.14. The minimum absolute atomic E-state index is 0.00406. The lowest BCUT2D eigenvalue weighted by Crippen LogP contribution is -2.29. The number of carbonyl (C=O) groups is 1. The molecule has 6 nitrogen and oxygen atoms in total. The third kappa shape index (κ3) is 6.84. The molecule has 0 radical (unpaired) electrons. The summed E-state index contributed by atoms with van der Waals surface area (Å²) in [6.07, 6.45) is 0.734. The first-order chi connectivity index (χ1) is 12.5. The number of carbonyl (C=O) groups excluding carboxylic acids is 1. The Balaban J connectivity index is 1.80. The summed E-state index contributed by atoms with van der Waals surface area (Å²) < 4.78 is 5.79. The summed E-state index contributed by atoms with van der Waals surface area (Å²) in [7, 11) is 0. The van der Waals surface area contributed by atoms with E-state index in [0.717, 1.165) is 17.9 Å². The molecular formula is C20H26N4O2. The first-order valence-electron chi connectivity index (χ1n) is 8.72. The molecule has 2 aromatic rings. The number of para-hydroxylation sites is 1. The van der Waals surface area contributed by atoms with E-state index in [0.29, 0.717) is 24.8 Å². The quantitative estimate of drug-likeness (QED) is 0.385. The van der Waals surface area contributed by atoms with Crippen molar-refractivity contribution < 1.29 is 9.53 Å². The second-order valence-electron chi connectivity index (χ2n) is 6.13. The van der Waals surface area contributed by atoms with Crippen LogP contribution in [0.15, 0.2) is 59.6 Å². The predicted molar refractivity (Wildman–Crippen MR) is 106 cm³/mol. The van der Waals surface area contributed by atoms with Gasteiger partial charge in [0.15, 0.2) is 5.96 Å². The lowest BCUT2D eigenvalue weighted by molar-refractivity contribution is -0.123. The molecule has 0 aliphatic heterocycles. The normalized spacial score (nSPS) is 11.3. The van der Waals surface area contributed by atoms with Gasteiger partial charge in [-0.1, -0.05) is 38.1 Å². The Labute approximate surface area is 154 Å². The number of guanidine groups is 1. The maximum absolute atomic E-state index is 11.4. The second kappa shape index (κ2) is 10.1. The van der Waals surface area contributed by atoms with Gasteiger partial charge in [-0.15, -0.1) is 0 Å². The maximum atomic E-state index is 11.4. The monoisotopic (exact) mass is 354 g/mol. The summed E-state index contributed by atoms with van der Waals surface area (Å²) in [6.45, 7) is 4.86. The Morgan fingerprint density at radius 2 is 1.85 bits per heavy atom. The van der Waals surface area contributed by atoms with Crippen LogP contribution in [0, 0.1) is 5.92 Å². The predicted octanol–water partition coefficient (Wildman–Crippen LogP) is 3.37. The summed E-state index contributed by atoms with van der Waals surface area (Å²) >= 11 is 0. The van der Waals surface area contributed by atoms with Crippen molar-refractivity contribution in [1.82, 2.24) is 5.32 Å². The minimum Gasteiger partial charge on any atom is -0.457 e. The maximum Gasteiger partial charge on any atom is 0.222 e. The average molecular weight is 354 g/mol. The average Bonchev–Trinajstić information content (AvgIpc) is 2.62. The van der Waals surface area contributed by atoms with Crippen molar-refractivity contribution in [3.8, 4) is 11.5 Å². The van der Waals surface area contributed by atoms with Gasteiger partial charge in [-0.25, -0.2) is 0 Å². The molecule has 0 saturated carbocycles. The molecule has 2 rings (SSSR count). The number of nitrogens with zero attached hydrogens (tertiary/aromatic N) is 1. The van der Waals surface area contributed by atoms with Crippen molar-refractivity contribution in [1.29, 1.82) is 0 Å². The first kappa shape index (κ1) is 19.3. The SMILES string of the molecule is CC(C)C(=O)NCCCN=C(N)Nc1cccc(Oc2ccccc2)c1. The highest BCUT2D eigenvalue weighted by Gasteiger charge is 2.04. The fraction of sp³-hybridized carbons (Fsp3) is 0.300. The summed E-state index contributed by atoms with van der Waals surface area (Å²) in [5.41, 5.74) is 6.71. The zero-order valence-electron chi connectivity index (χ0n) is 15.2. The van der Waals surface area contributed by atoms with Gasteiger partial charge in [0.05, 0.1) is 0 Å². The van der Waals surface area contributed by atoms with Crippen LogP contribution in [0.25, 0.3) is 0 Å². The summed E-state index contributed by atoms with van der Waals surface area (Å²) in [4.78, 5) is 15.7. The highest BCUT2D eigenvalue weighted by atomic mass is 16.5. The van der Waals surface area contributed by atoms with Gasteiger partial charge in [0.25, 0.3) is 0 Å². The molecule has 4 N–H and O–H groups in total. The second-order valence-corrected chi connectivity index (χ2v) is 6.13. The van der Waals surface area contributed by atoms with Crippen molar-refractivity contribution in [2.24, 2.45) is 16.6 Å². The third-order valence-electron chi connectivity index (χ3n) is 3.53. The molecule has 2 aromatic carbocycles. The van der Waals surface area contributed by atoms with E-state index in [1.165, 1.54) is 0 Å². The third-order valence-corrected chi connectivity index (χ3v) is 3.53. The zero-order chi connectivity index (χ0) is 18.8.